The molecule has 0 aliphatic carbocycles. The zero-order valence-corrected chi connectivity index (χ0v) is 11.1. The molecule has 0 aliphatic rings. The smallest absolute Gasteiger partial charge is 0.296 e. The van der Waals surface area contributed by atoms with Gasteiger partial charge in [0, 0.05) is 6.07 Å². The Morgan fingerprint density at radius 1 is 1.16 bits per heavy atom. The van der Waals surface area contributed by atoms with Gasteiger partial charge in [-0.1, -0.05) is 29.8 Å². The van der Waals surface area contributed by atoms with Crippen LogP contribution >= 0.6 is 11.6 Å². The second-order valence-corrected chi connectivity index (χ2v) is 5.51. The molecule has 0 bridgehead atoms. The van der Waals surface area contributed by atoms with E-state index in [4.69, 9.17) is 26.6 Å². The minimum Gasteiger partial charge on any atom is -0.455 e. The number of halogens is 1. The predicted molar refractivity (Wildman–Crippen MR) is 72.2 cm³/mol. The molecule has 0 radical (unpaired) electrons. The van der Waals surface area contributed by atoms with Gasteiger partial charge in [-0.2, -0.15) is 8.42 Å². The Balaban J connectivity index is 2.47. The molecule has 2 aromatic rings. The molecule has 0 saturated heterocycles. The van der Waals surface area contributed by atoms with Crippen molar-refractivity contribution in [3.05, 3.63) is 47.5 Å². The molecule has 0 unspecified atom stereocenters. The topological polar surface area (TPSA) is 89.6 Å². The van der Waals surface area contributed by atoms with Gasteiger partial charge in [0.05, 0.1) is 10.7 Å². The van der Waals surface area contributed by atoms with E-state index in [1.165, 1.54) is 6.07 Å². The van der Waals surface area contributed by atoms with Crippen LogP contribution in [0.2, 0.25) is 5.02 Å². The number of nitrogen functional groups attached to an aromatic ring is 1. The van der Waals surface area contributed by atoms with E-state index < -0.39 is 15.0 Å². The number of anilines is 1. The average Bonchev–Trinajstić information content (AvgIpc) is 2.32. The highest BCUT2D eigenvalue weighted by molar-refractivity contribution is 7.86. The van der Waals surface area contributed by atoms with Crippen LogP contribution in [-0.4, -0.2) is 13.0 Å². The van der Waals surface area contributed by atoms with Gasteiger partial charge in [-0.05, 0) is 18.2 Å². The van der Waals surface area contributed by atoms with Crippen LogP contribution in [0.25, 0.3) is 0 Å². The summed E-state index contributed by atoms with van der Waals surface area (Å²) in [6.07, 6.45) is 0. The molecule has 0 aliphatic heterocycles. The molecule has 0 amide bonds. The van der Waals surface area contributed by atoms with E-state index in [1.54, 1.807) is 24.3 Å². The number of hydrogen-bond acceptors (Lipinski definition) is 4. The van der Waals surface area contributed by atoms with E-state index in [2.05, 4.69) is 0 Å². The third-order valence-electron chi connectivity index (χ3n) is 2.31. The maximum absolute atomic E-state index is 11.1. The molecule has 0 spiro atoms. The SMILES string of the molecule is Nc1cc(Cl)c(S(=O)(=O)O)cc1Oc1ccccc1. The molecule has 100 valence electrons. The van der Waals surface area contributed by atoms with Gasteiger partial charge in [0.1, 0.15) is 10.6 Å². The van der Waals surface area contributed by atoms with Crippen molar-refractivity contribution >= 4 is 27.4 Å². The minimum atomic E-state index is -4.43. The van der Waals surface area contributed by atoms with Crippen LogP contribution in [0, 0.1) is 0 Å². The van der Waals surface area contributed by atoms with E-state index in [0.717, 1.165) is 6.07 Å². The van der Waals surface area contributed by atoms with Crippen molar-refractivity contribution in [3.63, 3.8) is 0 Å². The summed E-state index contributed by atoms with van der Waals surface area (Å²) in [6, 6.07) is 11.0. The monoisotopic (exact) mass is 299 g/mol. The van der Waals surface area contributed by atoms with E-state index in [-0.39, 0.29) is 16.5 Å². The van der Waals surface area contributed by atoms with Crippen LogP contribution in [0.1, 0.15) is 0 Å². The molecular formula is C12H10ClNO4S. The van der Waals surface area contributed by atoms with Gasteiger partial charge in [-0.15, -0.1) is 0 Å². The normalized spacial score (nSPS) is 11.3. The maximum Gasteiger partial charge on any atom is 0.296 e. The Hall–Kier alpha value is -1.76. The van der Waals surface area contributed by atoms with Crippen LogP contribution < -0.4 is 10.5 Å². The molecule has 19 heavy (non-hydrogen) atoms. The predicted octanol–water partition coefficient (Wildman–Crippen LogP) is 2.96. The second kappa shape index (κ2) is 5.08. The van der Waals surface area contributed by atoms with Gasteiger partial charge in [0.2, 0.25) is 0 Å². The first-order valence-electron chi connectivity index (χ1n) is 5.17. The summed E-state index contributed by atoms with van der Waals surface area (Å²) in [4.78, 5) is -0.450. The molecular weight excluding hydrogens is 290 g/mol. The van der Waals surface area contributed by atoms with Gasteiger partial charge in [0.15, 0.2) is 5.75 Å². The lowest BCUT2D eigenvalue weighted by molar-refractivity contribution is 0.473. The molecule has 0 heterocycles. The lowest BCUT2D eigenvalue weighted by Crippen LogP contribution is -2.01. The fraction of sp³-hybridized carbons (Fsp3) is 0. The molecule has 0 fully saturated rings. The summed E-state index contributed by atoms with van der Waals surface area (Å²) in [5.74, 6) is 0.584. The van der Waals surface area contributed by atoms with Crippen molar-refractivity contribution in [1.29, 1.82) is 0 Å². The largest absolute Gasteiger partial charge is 0.455 e. The van der Waals surface area contributed by atoms with Gasteiger partial charge < -0.3 is 10.5 Å². The van der Waals surface area contributed by atoms with Crippen molar-refractivity contribution < 1.29 is 17.7 Å². The van der Waals surface area contributed by atoms with Gasteiger partial charge in [-0.25, -0.2) is 0 Å². The molecule has 7 heteroatoms. The van der Waals surface area contributed by atoms with E-state index in [1.807, 2.05) is 6.07 Å². The first-order valence-corrected chi connectivity index (χ1v) is 6.99. The Kier molecular flexibility index (Phi) is 3.66. The zero-order chi connectivity index (χ0) is 14.0. The number of ether oxygens (including phenoxy) is 1. The summed E-state index contributed by atoms with van der Waals surface area (Å²) in [6.45, 7) is 0. The molecule has 0 atom stereocenters. The molecule has 2 aromatic carbocycles. The summed E-state index contributed by atoms with van der Waals surface area (Å²) in [5.41, 5.74) is 5.86. The van der Waals surface area contributed by atoms with Gasteiger partial charge >= 0.3 is 0 Å². The Morgan fingerprint density at radius 3 is 2.37 bits per heavy atom. The number of nitrogens with two attached hydrogens (primary N) is 1. The fourth-order valence-corrected chi connectivity index (χ4v) is 2.48. The zero-order valence-electron chi connectivity index (χ0n) is 9.58. The summed E-state index contributed by atoms with van der Waals surface area (Å²) < 4.78 is 36.8. The second-order valence-electron chi connectivity index (χ2n) is 3.71. The van der Waals surface area contributed by atoms with Crippen LogP contribution in [-0.2, 0) is 10.1 Å². The first-order chi connectivity index (χ1) is 8.88. The van der Waals surface area contributed by atoms with Gasteiger partial charge in [0.25, 0.3) is 10.1 Å². The van der Waals surface area contributed by atoms with Crippen molar-refractivity contribution in [3.8, 4) is 11.5 Å². The molecule has 3 N–H and O–H groups in total. The van der Waals surface area contributed by atoms with Crippen LogP contribution in [0.15, 0.2) is 47.4 Å². The number of rotatable bonds is 3. The highest BCUT2D eigenvalue weighted by atomic mass is 35.5. The molecule has 5 nitrogen and oxygen atoms in total. The quantitative estimate of drug-likeness (QED) is 0.672. The lowest BCUT2D eigenvalue weighted by Gasteiger charge is -2.10. The summed E-state index contributed by atoms with van der Waals surface area (Å²) in [7, 11) is -4.43. The maximum atomic E-state index is 11.1. The van der Waals surface area contributed by atoms with E-state index in [0.29, 0.717) is 5.75 Å². The minimum absolute atomic E-state index is 0.100. The third-order valence-corrected chi connectivity index (χ3v) is 3.63. The highest BCUT2D eigenvalue weighted by Crippen LogP contribution is 2.34. The molecule has 2 rings (SSSR count). The Morgan fingerprint density at radius 2 is 1.79 bits per heavy atom. The molecule has 0 saturated carbocycles. The van der Waals surface area contributed by atoms with Crippen LogP contribution in [0.4, 0.5) is 5.69 Å². The highest BCUT2D eigenvalue weighted by Gasteiger charge is 2.18. The number of para-hydroxylation sites is 1. The van der Waals surface area contributed by atoms with Crippen molar-refractivity contribution in [2.75, 3.05) is 5.73 Å². The number of hydrogen-bond donors (Lipinski definition) is 2. The van der Waals surface area contributed by atoms with E-state index >= 15 is 0 Å². The fourth-order valence-electron chi connectivity index (χ4n) is 1.45. The third kappa shape index (κ3) is 3.17. The Labute approximate surface area is 115 Å². The van der Waals surface area contributed by atoms with Crippen LogP contribution in [0.3, 0.4) is 0 Å². The standard InChI is InChI=1S/C12H10ClNO4S/c13-9-6-10(14)11(7-12(9)19(15,16)17)18-8-4-2-1-3-5-8/h1-7H,14H2,(H,15,16,17). The van der Waals surface area contributed by atoms with E-state index in [9.17, 15) is 8.42 Å². The van der Waals surface area contributed by atoms with Crippen LogP contribution in [0.5, 0.6) is 11.5 Å². The summed E-state index contributed by atoms with van der Waals surface area (Å²) in [5, 5.41) is -0.166. The number of benzene rings is 2. The van der Waals surface area contributed by atoms with Crippen molar-refractivity contribution in [2.45, 2.75) is 4.90 Å². The summed E-state index contributed by atoms with van der Waals surface area (Å²) >= 11 is 5.71. The first kappa shape index (κ1) is 13.7. The van der Waals surface area contributed by atoms with Crippen molar-refractivity contribution in [2.24, 2.45) is 0 Å². The van der Waals surface area contributed by atoms with Crippen molar-refractivity contribution in [1.82, 2.24) is 0 Å². The average molecular weight is 300 g/mol. The van der Waals surface area contributed by atoms with Gasteiger partial charge in [-0.3, -0.25) is 4.55 Å². The Bertz CT molecular complexity index is 701. The molecule has 0 aromatic heterocycles. The lowest BCUT2D eigenvalue weighted by atomic mass is 10.3.